The van der Waals surface area contributed by atoms with Gasteiger partial charge in [-0.1, -0.05) is 6.92 Å². The van der Waals surface area contributed by atoms with Crippen LogP contribution in [0.3, 0.4) is 0 Å². The Hall–Kier alpha value is -0.770. The molecule has 0 aliphatic carbocycles. The lowest BCUT2D eigenvalue weighted by molar-refractivity contribution is 0.275. The van der Waals surface area contributed by atoms with Crippen LogP contribution in [-0.4, -0.2) is 45.9 Å². The van der Waals surface area contributed by atoms with Gasteiger partial charge in [-0.15, -0.1) is 0 Å². The second-order valence-electron chi connectivity index (χ2n) is 2.70. The van der Waals surface area contributed by atoms with E-state index in [-0.39, 0.29) is 5.75 Å². The topological polar surface area (TPSA) is 150 Å². The van der Waals surface area contributed by atoms with E-state index in [1.54, 1.807) is 25.6 Å². The Morgan fingerprint density at radius 2 is 1.89 bits per heavy atom. The summed E-state index contributed by atoms with van der Waals surface area (Å²) in [6.07, 6.45) is 5.69. The summed E-state index contributed by atoms with van der Waals surface area (Å²) in [6.45, 7) is 1.79. The predicted molar refractivity (Wildman–Crippen MR) is 63.9 cm³/mol. The summed E-state index contributed by atoms with van der Waals surface area (Å²) >= 11 is 0. The minimum absolute atomic E-state index is 0.115. The molecule has 1 aromatic heterocycles. The highest BCUT2D eigenvalue weighted by molar-refractivity contribution is 7.86. The molecular weight excluding hydrogens is 287 g/mol. The van der Waals surface area contributed by atoms with Crippen LogP contribution in [0.5, 0.6) is 0 Å². The van der Waals surface area contributed by atoms with Crippen molar-refractivity contribution in [2.45, 2.75) is 13.3 Å². The van der Waals surface area contributed by atoms with E-state index in [2.05, 4.69) is 14.2 Å². The monoisotopic (exact) mass is 304 g/mol. The fraction of sp³-hybridized carbons (Fsp3) is 0.571. The summed E-state index contributed by atoms with van der Waals surface area (Å²) in [7, 11) is -6.64. The number of phosphoric acid groups is 1. The first-order valence-corrected chi connectivity index (χ1v) is 7.76. The van der Waals surface area contributed by atoms with Gasteiger partial charge < -0.3 is 19.7 Å². The number of aromatic amines is 1. The summed E-state index contributed by atoms with van der Waals surface area (Å²) in [4.78, 5) is 28.0. The van der Waals surface area contributed by atoms with E-state index in [1.807, 2.05) is 0 Å². The second kappa shape index (κ2) is 10.2. The molecule has 0 atom stereocenters. The normalized spacial score (nSPS) is 10.7. The number of hydrogen-bond acceptors (Lipinski definition) is 5. The first kappa shape index (κ1) is 19.6. The average molecular weight is 304 g/mol. The minimum Gasteiger partial charge on any atom is -0.351 e. The van der Waals surface area contributed by atoms with E-state index in [4.69, 9.17) is 19.2 Å². The maximum Gasteiger partial charge on any atom is 0.466 e. The van der Waals surface area contributed by atoms with Crippen molar-refractivity contribution in [1.29, 1.82) is 0 Å². The number of imidazole rings is 1. The first-order valence-electron chi connectivity index (χ1n) is 4.61. The van der Waals surface area contributed by atoms with Gasteiger partial charge in [-0.2, -0.15) is 8.42 Å². The molecule has 18 heavy (non-hydrogen) atoms. The molecule has 1 aromatic rings. The fourth-order valence-electron chi connectivity index (χ4n) is 0.548. The van der Waals surface area contributed by atoms with Gasteiger partial charge in [-0.05, 0) is 6.42 Å². The molecule has 11 heteroatoms. The Morgan fingerprint density at radius 1 is 1.39 bits per heavy atom. The zero-order chi connectivity index (χ0) is 14.7. The predicted octanol–water partition coefficient (Wildman–Crippen LogP) is -0.146. The third kappa shape index (κ3) is 24.5. The molecule has 108 valence electrons. The van der Waals surface area contributed by atoms with Gasteiger partial charge in [0, 0.05) is 12.4 Å². The van der Waals surface area contributed by atoms with Crippen LogP contribution >= 0.6 is 7.82 Å². The molecule has 0 unspecified atom stereocenters. The number of H-pyrrole nitrogens is 1. The Kier molecular flexibility index (Phi) is 11.1. The van der Waals surface area contributed by atoms with Crippen LogP contribution in [-0.2, 0) is 18.9 Å². The zero-order valence-electron chi connectivity index (χ0n) is 9.92. The molecule has 1 heterocycles. The third-order valence-electron chi connectivity index (χ3n) is 1.11. The highest BCUT2D eigenvalue weighted by atomic mass is 32.2. The molecule has 0 saturated heterocycles. The molecule has 0 aliphatic heterocycles. The quantitative estimate of drug-likeness (QED) is 0.445. The van der Waals surface area contributed by atoms with Gasteiger partial charge >= 0.3 is 7.82 Å². The molecule has 9 nitrogen and oxygen atoms in total. The van der Waals surface area contributed by atoms with Crippen LogP contribution in [0.2, 0.25) is 0 Å². The molecule has 0 saturated carbocycles. The minimum atomic E-state index is -4.64. The van der Waals surface area contributed by atoms with Crippen LogP contribution in [0.25, 0.3) is 0 Å². The standard InChI is InChI=1S/C4H10O3S.C3H4N2.H3O4P/c1-3-4-8(5,6)7-2;1-2-5-3-4-1;1-5(2,3)4/h3-4H2,1-2H3;1-3H,(H,4,5);(H3,1,2,3,4). The molecule has 0 spiro atoms. The number of hydrogen-bond donors (Lipinski definition) is 4. The van der Waals surface area contributed by atoms with Crippen molar-refractivity contribution in [3.8, 4) is 0 Å². The summed E-state index contributed by atoms with van der Waals surface area (Å²) < 4.78 is 33.8. The lowest BCUT2D eigenvalue weighted by atomic mass is 10.6. The molecular formula is C7H17N2O7PS. The molecule has 0 aliphatic rings. The van der Waals surface area contributed by atoms with Crippen molar-refractivity contribution in [2.75, 3.05) is 12.9 Å². The van der Waals surface area contributed by atoms with Crippen LogP contribution in [0.4, 0.5) is 0 Å². The SMILES string of the molecule is CCCS(=O)(=O)OC.O=P(O)(O)O.c1c[nH]cn1. The van der Waals surface area contributed by atoms with Crippen molar-refractivity contribution in [3.63, 3.8) is 0 Å². The summed E-state index contributed by atoms with van der Waals surface area (Å²) in [5.41, 5.74) is 0. The third-order valence-corrected chi connectivity index (χ3v) is 2.53. The van der Waals surface area contributed by atoms with Gasteiger partial charge in [0.15, 0.2) is 0 Å². The van der Waals surface area contributed by atoms with Crippen molar-refractivity contribution in [3.05, 3.63) is 18.7 Å². The van der Waals surface area contributed by atoms with Gasteiger partial charge in [0.2, 0.25) is 0 Å². The smallest absolute Gasteiger partial charge is 0.351 e. The van der Waals surface area contributed by atoms with E-state index in [0.29, 0.717) is 6.42 Å². The largest absolute Gasteiger partial charge is 0.466 e. The van der Waals surface area contributed by atoms with Crippen molar-refractivity contribution in [2.24, 2.45) is 0 Å². The van der Waals surface area contributed by atoms with E-state index >= 15 is 0 Å². The second-order valence-corrected chi connectivity index (χ2v) is 5.59. The number of aromatic nitrogens is 2. The molecule has 0 aromatic carbocycles. The highest BCUT2D eigenvalue weighted by Crippen LogP contribution is 2.25. The summed E-state index contributed by atoms with van der Waals surface area (Å²) in [5, 5.41) is 0. The molecule has 1 rings (SSSR count). The van der Waals surface area contributed by atoms with Crippen molar-refractivity contribution >= 4 is 17.9 Å². The molecule has 0 bridgehead atoms. The Labute approximate surface area is 105 Å². The Balaban J connectivity index is 0. The number of nitrogens with one attached hydrogen (secondary N) is 1. The van der Waals surface area contributed by atoms with Crippen molar-refractivity contribution in [1.82, 2.24) is 9.97 Å². The van der Waals surface area contributed by atoms with Gasteiger partial charge in [0.1, 0.15) is 0 Å². The maximum absolute atomic E-state index is 10.4. The molecule has 4 N–H and O–H groups in total. The van der Waals surface area contributed by atoms with E-state index < -0.39 is 17.9 Å². The Bertz CT molecular complexity index is 388. The van der Waals surface area contributed by atoms with Crippen LogP contribution in [0, 0.1) is 0 Å². The van der Waals surface area contributed by atoms with Gasteiger partial charge in [0.05, 0.1) is 19.2 Å². The van der Waals surface area contributed by atoms with E-state index in [1.165, 1.54) is 7.11 Å². The summed E-state index contributed by atoms with van der Waals surface area (Å²) in [5.74, 6) is 0.115. The zero-order valence-corrected chi connectivity index (χ0v) is 11.6. The highest BCUT2D eigenvalue weighted by Gasteiger charge is 2.03. The van der Waals surface area contributed by atoms with Crippen LogP contribution in [0.15, 0.2) is 18.7 Å². The molecule has 0 radical (unpaired) electrons. The molecule has 0 fully saturated rings. The number of nitrogens with zero attached hydrogens (tertiary/aromatic N) is 1. The van der Waals surface area contributed by atoms with E-state index in [0.717, 1.165) is 0 Å². The molecule has 0 amide bonds. The van der Waals surface area contributed by atoms with Crippen LogP contribution < -0.4 is 0 Å². The lowest BCUT2D eigenvalue weighted by Crippen LogP contribution is -2.05. The average Bonchev–Trinajstić information content (AvgIpc) is 2.72. The van der Waals surface area contributed by atoms with E-state index in [9.17, 15) is 8.42 Å². The van der Waals surface area contributed by atoms with Crippen molar-refractivity contribution < 1.29 is 31.8 Å². The van der Waals surface area contributed by atoms with Gasteiger partial charge in [-0.3, -0.25) is 4.18 Å². The lowest BCUT2D eigenvalue weighted by Gasteiger charge is -1.94. The Morgan fingerprint density at radius 3 is 2.00 bits per heavy atom. The van der Waals surface area contributed by atoms with Gasteiger partial charge in [0.25, 0.3) is 10.1 Å². The number of rotatable bonds is 3. The summed E-state index contributed by atoms with van der Waals surface area (Å²) in [6, 6.07) is 0. The first-order chi connectivity index (χ1) is 8.12. The van der Waals surface area contributed by atoms with Crippen LogP contribution in [0.1, 0.15) is 13.3 Å². The maximum atomic E-state index is 10.4. The van der Waals surface area contributed by atoms with Gasteiger partial charge in [-0.25, -0.2) is 9.55 Å². The fourth-order valence-corrected chi connectivity index (χ4v) is 1.22.